The zero-order chi connectivity index (χ0) is 21.4. The second-order valence-electron chi connectivity index (χ2n) is 8.69. The molecule has 0 unspecified atom stereocenters. The molecule has 8 nitrogen and oxygen atoms in total. The Hall–Kier alpha value is -3.16. The van der Waals surface area contributed by atoms with Gasteiger partial charge in [-0.3, -0.25) is 14.6 Å². The summed E-state index contributed by atoms with van der Waals surface area (Å²) in [7, 11) is 0. The van der Waals surface area contributed by atoms with Crippen LogP contribution >= 0.6 is 0 Å². The topological polar surface area (TPSA) is 81.7 Å². The minimum absolute atomic E-state index is 0.0204. The van der Waals surface area contributed by atoms with E-state index in [0.29, 0.717) is 30.4 Å². The van der Waals surface area contributed by atoms with Gasteiger partial charge in [0.05, 0.1) is 17.8 Å². The highest BCUT2D eigenvalue weighted by molar-refractivity contribution is 6.04. The van der Waals surface area contributed by atoms with E-state index >= 15 is 0 Å². The summed E-state index contributed by atoms with van der Waals surface area (Å²) in [4.78, 5) is 40.5. The summed E-state index contributed by atoms with van der Waals surface area (Å²) in [6, 6.07) is 3.88. The maximum absolute atomic E-state index is 13.3. The first-order valence-electron chi connectivity index (χ1n) is 11.1. The average molecular weight is 421 g/mol. The van der Waals surface area contributed by atoms with Gasteiger partial charge in [-0.05, 0) is 49.8 Å². The van der Waals surface area contributed by atoms with Crippen molar-refractivity contribution in [1.82, 2.24) is 14.9 Å². The lowest BCUT2D eigenvalue weighted by Crippen LogP contribution is -2.42. The average Bonchev–Trinajstić information content (AvgIpc) is 3.62. The van der Waals surface area contributed by atoms with E-state index in [1.807, 2.05) is 34.3 Å². The minimum Gasteiger partial charge on any atom is -0.369 e. The molecular formula is C23H28N6O2. The molecule has 2 aromatic heterocycles. The van der Waals surface area contributed by atoms with Crippen molar-refractivity contribution in [1.29, 1.82) is 0 Å². The van der Waals surface area contributed by atoms with Crippen LogP contribution in [0.1, 0.15) is 35.2 Å². The van der Waals surface area contributed by atoms with Crippen LogP contribution in [-0.4, -0.2) is 66.0 Å². The van der Waals surface area contributed by atoms with Gasteiger partial charge in [0.1, 0.15) is 5.82 Å². The van der Waals surface area contributed by atoms with E-state index in [9.17, 15) is 9.59 Å². The quantitative estimate of drug-likeness (QED) is 0.818. The number of nitrogens with one attached hydrogen (secondary N) is 1. The largest absolute Gasteiger partial charge is 0.369 e. The fraction of sp³-hybridized carbons (Fsp3) is 0.478. The highest BCUT2D eigenvalue weighted by Gasteiger charge is 2.32. The number of hydrogen-bond donors (Lipinski definition) is 1. The predicted octanol–water partition coefficient (Wildman–Crippen LogP) is 2.31. The Balaban J connectivity index is 1.33. The second-order valence-corrected chi connectivity index (χ2v) is 8.69. The highest BCUT2D eigenvalue weighted by Crippen LogP contribution is 2.35. The summed E-state index contributed by atoms with van der Waals surface area (Å²) in [5.41, 5.74) is 3.61. The standard InChI is InChI=1S/C23H28N6O2/c1-16-12-24-6-5-19(16)27-7-2-8-28(10-9-27)23(31)18-11-20-22(25-13-18)26-14-21(30)29(20)15-17-3-4-17/h5-6,11-13,17H,2-4,7-10,14-15H2,1H3,(H,25,26). The van der Waals surface area contributed by atoms with Crippen LogP contribution in [-0.2, 0) is 4.79 Å². The van der Waals surface area contributed by atoms with Gasteiger partial charge in [-0.25, -0.2) is 4.98 Å². The van der Waals surface area contributed by atoms with Crippen LogP contribution in [0.3, 0.4) is 0 Å². The molecule has 2 amide bonds. The van der Waals surface area contributed by atoms with Crippen molar-refractivity contribution in [2.75, 3.05) is 54.4 Å². The van der Waals surface area contributed by atoms with E-state index in [1.54, 1.807) is 6.20 Å². The lowest BCUT2D eigenvalue weighted by Gasteiger charge is -2.30. The van der Waals surface area contributed by atoms with Gasteiger partial charge in [-0.15, -0.1) is 0 Å². The molecule has 5 rings (SSSR count). The van der Waals surface area contributed by atoms with Crippen LogP contribution < -0.4 is 15.1 Å². The van der Waals surface area contributed by atoms with Gasteiger partial charge in [0.25, 0.3) is 5.91 Å². The van der Waals surface area contributed by atoms with Gasteiger partial charge in [0.15, 0.2) is 0 Å². The maximum atomic E-state index is 13.3. The van der Waals surface area contributed by atoms with Crippen molar-refractivity contribution in [2.45, 2.75) is 26.2 Å². The van der Waals surface area contributed by atoms with Gasteiger partial charge in [-0.2, -0.15) is 0 Å². The number of pyridine rings is 2. The number of aromatic nitrogens is 2. The molecule has 162 valence electrons. The Bertz CT molecular complexity index is 1010. The molecule has 4 heterocycles. The molecule has 0 aromatic carbocycles. The zero-order valence-electron chi connectivity index (χ0n) is 17.9. The Morgan fingerprint density at radius 1 is 1.16 bits per heavy atom. The normalized spacial score (nSPS) is 19.0. The summed E-state index contributed by atoms with van der Waals surface area (Å²) in [6.07, 6.45) is 8.57. The van der Waals surface area contributed by atoms with Gasteiger partial charge in [0, 0.05) is 57.0 Å². The number of amides is 2. The van der Waals surface area contributed by atoms with E-state index in [1.165, 1.54) is 18.5 Å². The first-order chi connectivity index (χ1) is 15.1. The van der Waals surface area contributed by atoms with Crippen LogP contribution in [0.25, 0.3) is 0 Å². The first-order valence-corrected chi connectivity index (χ1v) is 11.1. The van der Waals surface area contributed by atoms with E-state index in [0.717, 1.165) is 37.3 Å². The van der Waals surface area contributed by atoms with E-state index in [4.69, 9.17) is 0 Å². The molecule has 2 aromatic rings. The third-order valence-corrected chi connectivity index (χ3v) is 6.37. The van der Waals surface area contributed by atoms with Gasteiger partial charge >= 0.3 is 0 Å². The number of aryl methyl sites for hydroxylation is 1. The lowest BCUT2D eigenvalue weighted by atomic mass is 10.1. The van der Waals surface area contributed by atoms with E-state index < -0.39 is 0 Å². The monoisotopic (exact) mass is 420 g/mol. The Kier molecular flexibility index (Phi) is 5.21. The summed E-state index contributed by atoms with van der Waals surface area (Å²) in [6.45, 7) is 6.10. The van der Waals surface area contributed by atoms with Crippen molar-refractivity contribution >= 4 is 29.0 Å². The van der Waals surface area contributed by atoms with Crippen molar-refractivity contribution < 1.29 is 9.59 Å². The molecule has 0 spiro atoms. The molecule has 0 radical (unpaired) electrons. The summed E-state index contributed by atoms with van der Waals surface area (Å²) in [5.74, 6) is 1.28. The summed E-state index contributed by atoms with van der Waals surface area (Å²) < 4.78 is 0. The lowest BCUT2D eigenvalue weighted by molar-refractivity contribution is -0.117. The SMILES string of the molecule is Cc1cnccc1N1CCCN(C(=O)c2cnc3c(c2)N(CC2CC2)C(=O)CN3)CC1. The molecular weight excluding hydrogens is 392 g/mol. The molecule has 1 saturated heterocycles. The Morgan fingerprint density at radius 2 is 2.03 bits per heavy atom. The van der Waals surface area contributed by atoms with Crippen molar-refractivity contribution in [3.63, 3.8) is 0 Å². The van der Waals surface area contributed by atoms with Crippen LogP contribution in [0.2, 0.25) is 0 Å². The Labute approximate surface area is 182 Å². The maximum Gasteiger partial charge on any atom is 0.255 e. The number of rotatable bonds is 4. The number of fused-ring (bicyclic) bond motifs is 1. The highest BCUT2D eigenvalue weighted by atomic mass is 16.2. The van der Waals surface area contributed by atoms with Gasteiger partial charge < -0.3 is 20.0 Å². The molecule has 3 aliphatic rings. The smallest absolute Gasteiger partial charge is 0.255 e. The number of carbonyl (C=O) groups excluding carboxylic acids is 2. The third kappa shape index (κ3) is 4.06. The Morgan fingerprint density at radius 3 is 2.84 bits per heavy atom. The van der Waals surface area contributed by atoms with Crippen molar-refractivity contribution in [3.8, 4) is 0 Å². The molecule has 31 heavy (non-hydrogen) atoms. The molecule has 1 N–H and O–H groups in total. The van der Waals surface area contributed by atoms with E-state index in [2.05, 4.69) is 27.1 Å². The number of anilines is 3. The summed E-state index contributed by atoms with van der Waals surface area (Å²) in [5, 5.41) is 3.08. The molecule has 0 atom stereocenters. The zero-order valence-corrected chi connectivity index (χ0v) is 17.9. The predicted molar refractivity (Wildman–Crippen MR) is 120 cm³/mol. The van der Waals surface area contributed by atoms with E-state index in [-0.39, 0.29) is 18.4 Å². The van der Waals surface area contributed by atoms with Crippen LogP contribution in [0.5, 0.6) is 0 Å². The molecule has 2 fully saturated rings. The fourth-order valence-electron chi connectivity index (χ4n) is 4.42. The van der Waals surface area contributed by atoms with Crippen LogP contribution in [0, 0.1) is 12.8 Å². The molecule has 1 aliphatic carbocycles. The molecule has 2 aliphatic heterocycles. The van der Waals surface area contributed by atoms with Crippen molar-refractivity contribution in [3.05, 3.63) is 41.9 Å². The number of carbonyl (C=O) groups is 2. The third-order valence-electron chi connectivity index (χ3n) is 6.37. The molecule has 0 bridgehead atoms. The van der Waals surface area contributed by atoms with Crippen molar-refractivity contribution in [2.24, 2.45) is 5.92 Å². The van der Waals surface area contributed by atoms with Gasteiger partial charge in [0.2, 0.25) is 5.91 Å². The van der Waals surface area contributed by atoms with Crippen LogP contribution in [0.4, 0.5) is 17.2 Å². The fourth-order valence-corrected chi connectivity index (χ4v) is 4.42. The summed E-state index contributed by atoms with van der Waals surface area (Å²) >= 11 is 0. The van der Waals surface area contributed by atoms with Gasteiger partial charge in [-0.1, -0.05) is 0 Å². The number of nitrogens with zero attached hydrogens (tertiary/aromatic N) is 5. The number of hydrogen-bond acceptors (Lipinski definition) is 6. The second kappa shape index (κ2) is 8.17. The molecule has 8 heteroatoms. The van der Waals surface area contributed by atoms with Crippen LogP contribution in [0.15, 0.2) is 30.7 Å². The molecule has 1 saturated carbocycles. The first kappa shape index (κ1) is 19.8. The minimum atomic E-state index is -0.0204.